The summed E-state index contributed by atoms with van der Waals surface area (Å²) >= 11 is 0. The number of hydrogen-bond acceptors (Lipinski definition) is 3. The fourth-order valence-corrected chi connectivity index (χ4v) is 1.24. The Morgan fingerprint density at radius 1 is 1.33 bits per heavy atom. The molecule has 0 fully saturated rings. The summed E-state index contributed by atoms with van der Waals surface area (Å²) in [5.41, 5.74) is -1.28. The predicted molar refractivity (Wildman–Crippen MR) is 55.8 cm³/mol. The largest absolute Gasteiger partial charge is 0.491 e. The Balaban J connectivity index is 3.06. The molecule has 1 N–H and O–H groups in total. The van der Waals surface area contributed by atoms with Gasteiger partial charge in [0.25, 0.3) is 0 Å². The van der Waals surface area contributed by atoms with Gasteiger partial charge in [-0.25, -0.2) is 4.79 Å². The quantitative estimate of drug-likeness (QED) is 0.830. The van der Waals surface area contributed by atoms with E-state index in [1.165, 1.54) is 7.11 Å². The summed E-state index contributed by atoms with van der Waals surface area (Å²) in [6, 6.07) is 2.42. The predicted octanol–water partition coefficient (Wildman–Crippen LogP) is 2.43. The normalized spacial score (nSPS) is 11.3. The van der Waals surface area contributed by atoms with Crippen LogP contribution in [0.1, 0.15) is 15.9 Å². The van der Waals surface area contributed by atoms with Crippen LogP contribution in [0.3, 0.4) is 0 Å². The molecule has 0 amide bonds. The van der Waals surface area contributed by atoms with E-state index in [1.807, 2.05) is 0 Å². The first kappa shape index (κ1) is 14.3. The van der Waals surface area contributed by atoms with Crippen molar-refractivity contribution in [2.45, 2.75) is 6.18 Å². The second-order valence-electron chi connectivity index (χ2n) is 3.36. The van der Waals surface area contributed by atoms with Gasteiger partial charge in [-0.15, -0.1) is 0 Å². The van der Waals surface area contributed by atoms with Gasteiger partial charge in [0.1, 0.15) is 12.4 Å². The van der Waals surface area contributed by atoms with Crippen molar-refractivity contribution in [3.8, 4) is 5.75 Å². The second kappa shape index (κ2) is 5.72. The molecule has 4 nitrogen and oxygen atoms in total. The molecule has 0 spiro atoms. The molecule has 0 aliphatic rings. The number of carbonyl (C=O) groups is 1. The van der Waals surface area contributed by atoms with Gasteiger partial charge in [0.05, 0.1) is 17.7 Å². The van der Waals surface area contributed by atoms with Crippen molar-refractivity contribution in [1.29, 1.82) is 0 Å². The highest BCUT2D eigenvalue weighted by Crippen LogP contribution is 2.36. The van der Waals surface area contributed by atoms with E-state index in [1.54, 1.807) is 0 Å². The molecule has 7 heteroatoms. The highest BCUT2D eigenvalue weighted by molar-refractivity contribution is 5.88. The van der Waals surface area contributed by atoms with Gasteiger partial charge in [0.15, 0.2) is 0 Å². The van der Waals surface area contributed by atoms with Crippen LogP contribution < -0.4 is 4.74 Å². The van der Waals surface area contributed by atoms with Crippen molar-refractivity contribution in [2.75, 3.05) is 20.3 Å². The summed E-state index contributed by atoms with van der Waals surface area (Å²) in [5.74, 6) is -1.83. The lowest BCUT2D eigenvalue weighted by Gasteiger charge is -2.14. The minimum absolute atomic E-state index is 0.0946. The topological polar surface area (TPSA) is 55.8 Å². The molecule has 0 aliphatic carbocycles. The fourth-order valence-electron chi connectivity index (χ4n) is 1.24. The molecule has 0 saturated carbocycles. The maximum absolute atomic E-state index is 12.6. The van der Waals surface area contributed by atoms with E-state index < -0.39 is 23.5 Å². The number of carboxylic acids is 1. The monoisotopic (exact) mass is 264 g/mol. The van der Waals surface area contributed by atoms with E-state index in [2.05, 4.69) is 4.74 Å². The molecule has 0 radical (unpaired) electrons. The van der Waals surface area contributed by atoms with Crippen LogP contribution in [-0.4, -0.2) is 31.4 Å². The van der Waals surface area contributed by atoms with Gasteiger partial charge < -0.3 is 14.6 Å². The Hall–Kier alpha value is -1.76. The Kier molecular flexibility index (Phi) is 4.55. The molecule has 0 bridgehead atoms. The molecule has 0 aliphatic heterocycles. The highest BCUT2D eigenvalue weighted by Gasteiger charge is 2.34. The van der Waals surface area contributed by atoms with Crippen LogP contribution in [0.4, 0.5) is 13.2 Å². The summed E-state index contributed by atoms with van der Waals surface area (Å²) < 4.78 is 47.4. The van der Waals surface area contributed by atoms with Gasteiger partial charge in [-0.05, 0) is 18.2 Å². The number of ether oxygens (including phenoxy) is 2. The molecule has 0 atom stereocenters. The average molecular weight is 264 g/mol. The molecule has 1 aromatic rings. The van der Waals surface area contributed by atoms with Crippen molar-refractivity contribution >= 4 is 5.97 Å². The minimum atomic E-state index is -4.60. The van der Waals surface area contributed by atoms with E-state index in [-0.39, 0.29) is 18.8 Å². The standard InChI is InChI=1S/C11H11F3O4/c1-17-4-5-18-9-6-7(10(15)16)2-3-8(9)11(12,13)14/h2-3,6H,4-5H2,1H3,(H,15,16). The van der Waals surface area contributed by atoms with E-state index in [4.69, 9.17) is 9.84 Å². The second-order valence-corrected chi connectivity index (χ2v) is 3.36. The van der Waals surface area contributed by atoms with Crippen LogP contribution in [0.15, 0.2) is 18.2 Å². The fraction of sp³-hybridized carbons (Fsp3) is 0.364. The molecule has 0 aromatic heterocycles. The Labute approximate surface area is 101 Å². The van der Waals surface area contributed by atoms with Crippen LogP contribution in [0, 0.1) is 0 Å². The van der Waals surface area contributed by atoms with Gasteiger partial charge in [0, 0.05) is 7.11 Å². The minimum Gasteiger partial charge on any atom is -0.491 e. The Morgan fingerprint density at radius 2 is 2.00 bits per heavy atom. The SMILES string of the molecule is COCCOc1cc(C(=O)O)ccc1C(F)(F)F. The summed E-state index contributed by atoms with van der Waals surface area (Å²) in [4.78, 5) is 10.7. The molecule has 0 unspecified atom stereocenters. The van der Waals surface area contributed by atoms with Crippen LogP contribution in [0.2, 0.25) is 0 Å². The number of benzene rings is 1. The van der Waals surface area contributed by atoms with Crippen molar-refractivity contribution in [1.82, 2.24) is 0 Å². The van der Waals surface area contributed by atoms with E-state index in [9.17, 15) is 18.0 Å². The number of methoxy groups -OCH3 is 1. The van der Waals surface area contributed by atoms with E-state index in [0.717, 1.165) is 12.1 Å². The number of hydrogen-bond donors (Lipinski definition) is 1. The van der Waals surface area contributed by atoms with Gasteiger partial charge in [-0.2, -0.15) is 13.2 Å². The molecule has 100 valence electrons. The van der Waals surface area contributed by atoms with E-state index in [0.29, 0.717) is 6.07 Å². The number of alkyl halides is 3. The first-order valence-corrected chi connectivity index (χ1v) is 4.92. The molecule has 0 heterocycles. The number of carboxylic acid groups (broad SMARTS) is 1. The maximum atomic E-state index is 12.6. The van der Waals surface area contributed by atoms with Crippen molar-refractivity contribution in [2.24, 2.45) is 0 Å². The third-order valence-corrected chi connectivity index (χ3v) is 2.08. The van der Waals surface area contributed by atoms with Crippen LogP contribution >= 0.6 is 0 Å². The Bertz CT molecular complexity index is 429. The molecule has 1 rings (SSSR count). The first-order chi connectivity index (χ1) is 8.36. The lowest BCUT2D eigenvalue weighted by molar-refractivity contribution is -0.139. The highest BCUT2D eigenvalue weighted by atomic mass is 19.4. The molecular weight excluding hydrogens is 253 g/mol. The zero-order valence-electron chi connectivity index (χ0n) is 9.45. The van der Waals surface area contributed by atoms with Crippen LogP contribution in [0.25, 0.3) is 0 Å². The van der Waals surface area contributed by atoms with Crippen LogP contribution in [0.5, 0.6) is 5.75 Å². The van der Waals surface area contributed by atoms with Crippen LogP contribution in [-0.2, 0) is 10.9 Å². The van der Waals surface area contributed by atoms with Gasteiger partial charge in [-0.1, -0.05) is 0 Å². The van der Waals surface area contributed by atoms with Gasteiger partial charge >= 0.3 is 12.1 Å². The van der Waals surface area contributed by atoms with Crippen molar-refractivity contribution in [3.05, 3.63) is 29.3 Å². The maximum Gasteiger partial charge on any atom is 0.419 e. The summed E-state index contributed by atoms with van der Waals surface area (Å²) in [6.07, 6.45) is -4.60. The zero-order chi connectivity index (χ0) is 13.8. The molecule has 0 saturated heterocycles. The van der Waals surface area contributed by atoms with Crippen molar-refractivity contribution in [3.63, 3.8) is 0 Å². The molecule has 1 aromatic carbocycles. The summed E-state index contributed by atoms with van der Waals surface area (Å²) in [7, 11) is 1.38. The lowest BCUT2D eigenvalue weighted by Crippen LogP contribution is -2.12. The molecule has 18 heavy (non-hydrogen) atoms. The third-order valence-electron chi connectivity index (χ3n) is 2.08. The zero-order valence-corrected chi connectivity index (χ0v) is 9.45. The summed E-state index contributed by atoms with van der Waals surface area (Å²) in [5, 5.41) is 8.71. The number of halogens is 3. The van der Waals surface area contributed by atoms with Gasteiger partial charge in [0.2, 0.25) is 0 Å². The Morgan fingerprint density at radius 3 is 2.50 bits per heavy atom. The number of rotatable bonds is 5. The number of aromatic carboxylic acids is 1. The lowest BCUT2D eigenvalue weighted by atomic mass is 10.1. The van der Waals surface area contributed by atoms with E-state index >= 15 is 0 Å². The van der Waals surface area contributed by atoms with Gasteiger partial charge in [-0.3, -0.25) is 0 Å². The molecular formula is C11H11F3O4. The third kappa shape index (κ3) is 3.63. The van der Waals surface area contributed by atoms with Crippen molar-refractivity contribution < 1.29 is 32.5 Å². The first-order valence-electron chi connectivity index (χ1n) is 4.92. The summed E-state index contributed by atoms with van der Waals surface area (Å²) in [6.45, 7) is 0.0112. The smallest absolute Gasteiger partial charge is 0.419 e. The average Bonchev–Trinajstić information content (AvgIpc) is 2.27.